The predicted molar refractivity (Wildman–Crippen MR) is 87.4 cm³/mol. The molecule has 0 bridgehead atoms. The first-order chi connectivity index (χ1) is 12.7. The van der Waals surface area contributed by atoms with E-state index in [0.717, 1.165) is 37.5 Å². The highest BCUT2D eigenvalue weighted by Crippen LogP contribution is 2.39. The molecule has 1 N–H and O–H groups in total. The Morgan fingerprint density at radius 2 is 1.44 bits per heavy atom. The summed E-state index contributed by atoms with van der Waals surface area (Å²) in [5, 5.41) is 31.6. The summed E-state index contributed by atoms with van der Waals surface area (Å²) in [7, 11) is 0. The molecule has 1 saturated heterocycles. The van der Waals surface area contributed by atoms with Gasteiger partial charge in [0.05, 0.1) is 9.85 Å². The van der Waals surface area contributed by atoms with Crippen LogP contribution in [0, 0.1) is 20.2 Å². The van der Waals surface area contributed by atoms with Gasteiger partial charge in [0.1, 0.15) is 5.57 Å². The Labute approximate surface area is 151 Å². The number of ether oxygens (including phenoxy) is 2. The molecule has 2 fully saturated rings. The van der Waals surface area contributed by atoms with Crippen molar-refractivity contribution in [3.63, 3.8) is 0 Å². The van der Waals surface area contributed by atoms with Gasteiger partial charge in [0.15, 0.2) is 0 Å². The van der Waals surface area contributed by atoms with Gasteiger partial charge in [0, 0.05) is 25.0 Å². The molecular formula is C16H14N2O9. The quantitative estimate of drug-likeness (QED) is 0.274. The van der Waals surface area contributed by atoms with E-state index in [2.05, 4.69) is 0 Å². The molecule has 1 heterocycles. The number of nitro groups is 2. The van der Waals surface area contributed by atoms with Crippen LogP contribution >= 0.6 is 0 Å². The zero-order valence-corrected chi connectivity index (χ0v) is 13.9. The molecular weight excluding hydrogens is 364 g/mol. The number of hydrogen-bond donors (Lipinski definition) is 1. The van der Waals surface area contributed by atoms with Crippen LogP contribution in [0.3, 0.4) is 0 Å². The second kappa shape index (κ2) is 6.67. The first kappa shape index (κ1) is 18.3. The summed E-state index contributed by atoms with van der Waals surface area (Å²) in [4.78, 5) is 44.5. The molecule has 2 aliphatic rings. The number of carbonyl (C=O) groups is 2. The van der Waals surface area contributed by atoms with Crippen molar-refractivity contribution < 1.29 is 34.0 Å². The van der Waals surface area contributed by atoms with Crippen molar-refractivity contribution in [3.8, 4) is 5.75 Å². The van der Waals surface area contributed by atoms with Gasteiger partial charge < -0.3 is 14.6 Å². The van der Waals surface area contributed by atoms with Crippen LogP contribution in [0.25, 0.3) is 6.08 Å². The predicted octanol–water partition coefficient (Wildman–Crippen LogP) is 2.35. The van der Waals surface area contributed by atoms with Crippen molar-refractivity contribution in [1.82, 2.24) is 0 Å². The van der Waals surface area contributed by atoms with Crippen LogP contribution in [0.5, 0.6) is 5.75 Å². The number of phenols is 1. The van der Waals surface area contributed by atoms with Crippen molar-refractivity contribution in [1.29, 1.82) is 0 Å². The zero-order valence-electron chi connectivity index (χ0n) is 13.9. The van der Waals surface area contributed by atoms with Crippen LogP contribution in [-0.2, 0) is 19.1 Å². The number of nitrogens with zero attached hydrogens (tertiary/aromatic N) is 2. The molecule has 1 aliphatic heterocycles. The summed E-state index contributed by atoms with van der Waals surface area (Å²) in [6, 6.07) is 1.61. The van der Waals surface area contributed by atoms with E-state index >= 15 is 0 Å². The average Bonchev–Trinajstić information content (AvgIpc) is 2.59. The molecule has 142 valence electrons. The lowest BCUT2D eigenvalue weighted by atomic mass is 9.93. The minimum atomic E-state index is -1.29. The van der Waals surface area contributed by atoms with E-state index in [4.69, 9.17) is 9.47 Å². The number of rotatable bonds is 3. The fourth-order valence-electron chi connectivity index (χ4n) is 3.12. The molecule has 3 rings (SSSR count). The smallest absolute Gasteiger partial charge is 0.348 e. The second-order valence-corrected chi connectivity index (χ2v) is 6.23. The first-order valence-electron chi connectivity index (χ1n) is 8.07. The summed E-state index contributed by atoms with van der Waals surface area (Å²) < 4.78 is 10.6. The molecule has 11 nitrogen and oxygen atoms in total. The lowest BCUT2D eigenvalue weighted by molar-refractivity contribution is -0.396. The van der Waals surface area contributed by atoms with Crippen LogP contribution in [0.2, 0.25) is 0 Å². The van der Waals surface area contributed by atoms with Gasteiger partial charge in [-0.15, -0.1) is 0 Å². The van der Waals surface area contributed by atoms with Gasteiger partial charge in [0.2, 0.25) is 0 Å². The van der Waals surface area contributed by atoms with Gasteiger partial charge in [-0.1, -0.05) is 6.42 Å². The number of benzene rings is 1. The maximum absolute atomic E-state index is 12.3. The minimum Gasteiger partial charge on any atom is -0.497 e. The Morgan fingerprint density at radius 1 is 0.963 bits per heavy atom. The van der Waals surface area contributed by atoms with Gasteiger partial charge in [-0.2, -0.15) is 0 Å². The van der Waals surface area contributed by atoms with Gasteiger partial charge in [-0.05, 0) is 24.5 Å². The highest BCUT2D eigenvalue weighted by atomic mass is 16.7. The Balaban J connectivity index is 1.99. The van der Waals surface area contributed by atoms with Crippen molar-refractivity contribution in [2.45, 2.75) is 37.9 Å². The molecule has 1 aromatic rings. The third-order valence-electron chi connectivity index (χ3n) is 4.41. The van der Waals surface area contributed by atoms with E-state index in [9.17, 15) is 34.9 Å². The third-order valence-corrected chi connectivity index (χ3v) is 4.41. The Kier molecular flexibility index (Phi) is 4.52. The fourth-order valence-corrected chi connectivity index (χ4v) is 3.12. The van der Waals surface area contributed by atoms with Crippen LogP contribution in [0.4, 0.5) is 11.4 Å². The SMILES string of the molecule is O=C1OC2(CCCCC2)OC(=O)C1=Cc1cc([N+](=O)[O-])c(O)c([N+](=O)[O-])c1. The summed E-state index contributed by atoms with van der Waals surface area (Å²) >= 11 is 0. The van der Waals surface area contributed by atoms with E-state index in [1.54, 1.807) is 0 Å². The number of esters is 2. The van der Waals surface area contributed by atoms with E-state index in [0.29, 0.717) is 12.8 Å². The monoisotopic (exact) mass is 378 g/mol. The number of carbonyl (C=O) groups excluding carboxylic acids is 2. The molecule has 11 heteroatoms. The third kappa shape index (κ3) is 3.43. The summed E-state index contributed by atoms with van der Waals surface area (Å²) in [6.45, 7) is 0. The van der Waals surface area contributed by atoms with Gasteiger partial charge in [-0.3, -0.25) is 20.2 Å². The molecule has 0 radical (unpaired) electrons. The molecule has 1 saturated carbocycles. The number of phenolic OH excluding ortho intramolecular Hbond substituents is 1. The normalized spacial score (nSPS) is 18.6. The number of aromatic hydroxyl groups is 1. The van der Waals surface area contributed by atoms with Gasteiger partial charge in [0.25, 0.3) is 11.5 Å². The highest BCUT2D eigenvalue weighted by molar-refractivity contribution is 6.19. The van der Waals surface area contributed by atoms with Crippen LogP contribution in [0.15, 0.2) is 17.7 Å². The van der Waals surface area contributed by atoms with Crippen LogP contribution < -0.4 is 0 Å². The summed E-state index contributed by atoms with van der Waals surface area (Å²) in [6.07, 6.45) is 4.06. The Morgan fingerprint density at radius 3 is 1.89 bits per heavy atom. The number of nitro benzene ring substituents is 2. The van der Waals surface area contributed by atoms with Crippen molar-refractivity contribution >= 4 is 29.4 Å². The van der Waals surface area contributed by atoms with E-state index in [-0.39, 0.29) is 5.56 Å². The molecule has 0 atom stereocenters. The van der Waals surface area contributed by atoms with Gasteiger partial charge >= 0.3 is 23.3 Å². The highest BCUT2D eigenvalue weighted by Gasteiger charge is 2.46. The molecule has 0 unspecified atom stereocenters. The molecule has 1 spiro atoms. The maximum Gasteiger partial charge on any atom is 0.348 e. The minimum absolute atomic E-state index is 0.199. The fraction of sp³-hybridized carbons (Fsp3) is 0.375. The topological polar surface area (TPSA) is 159 Å². The molecule has 1 aliphatic carbocycles. The summed E-state index contributed by atoms with van der Waals surface area (Å²) in [5.41, 5.74) is -2.61. The average molecular weight is 378 g/mol. The lowest BCUT2D eigenvalue weighted by Crippen LogP contribution is -2.47. The number of hydrogen-bond acceptors (Lipinski definition) is 9. The van der Waals surface area contributed by atoms with Gasteiger partial charge in [-0.25, -0.2) is 9.59 Å². The molecule has 0 amide bonds. The summed E-state index contributed by atoms with van der Waals surface area (Å²) in [5.74, 6) is -4.35. The van der Waals surface area contributed by atoms with Crippen molar-refractivity contribution in [2.24, 2.45) is 0 Å². The van der Waals surface area contributed by atoms with Crippen LogP contribution in [-0.4, -0.2) is 32.7 Å². The second-order valence-electron chi connectivity index (χ2n) is 6.23. The van der Waals surface area contributed by atoms with Crippen molar-refractivity contribution in [2.75, 3.05) is 0 Å². The van der Waals surface area contributed by atoms with Crippen molar-refractivity contribution in [3.05, 3.63) is 43.5 Å². The first-order valence-corrected chi connectivity index (χ1v) is 8.07. The molecule has 0 aromatic heterocycles. The zero-order chi connectivity index (χ0) is 19.8. The van der Waals surface area contributed by atoms with E-state index < -0.39 is 50.3 Å². The molecule has 27 heavy (non-hydrogen) atoms. The maximum atomic E-state index is 12.3. The standard InChI is InChI=1S/C16H14N2O9/c19-13-11(17(22)23)7-9(8-12(13)18(24)25)6-10-14(20)26-16(27-15(10)21)4-2-1-3-5-16/h6-8,19H,1-5H2. The Bertz CT molecular complexity index is 827. The van der Waals surface area contributed by atoms with E-state index in [1.807, 2.05) is 0 Å². The van der Waals surface area contributed by atoms with E-state index in [1.165, 1.54) is 0 Å². The van der Waals surface area contributed by atoms with Crippen LogP contribution in [0.1, 0.15) is 37.7 Å². The largest absolute Gasteiger partial charge is 0.497 e. The molecule has 1 aromatic carbocycles. The Hall–Kier alpha value is -3.50. The lowest BCUT2D eigenvalue weighted by Gasteiger charge is -2.38.